The molecule has 0 amide bonds. The van der Waals surface area contributed by atoms with Crippen molar-refractivity contribution in [3.05, 3.63) is 0 Å². The molecule has 1 saturated heterocycles. The standard InChI is InChI=1S/C14H30P/c1-4-5-8-11-14(2)15(3)12-9-6-7-10-13-15/h14H,4-13H2,1-3H3/q+1. The lowest BCUT2D eigenvalue weighted by atomic mass is 10.2. The van der Waals surface area contributed by atoms with Crippen LogP contribution in [0.4, 0.5) is 0 Å². The van der Waals surface area contributed by atoms with Crippen molar-refractivity contribution < 1.29 is 0 Å². The van der Waals surface area contributed by atoms with Gasteiger partial charge in [-0.15, -0.1) is 0 Å². The van der Waals surface area contributed by atoms with Gasteiger partial charge in [0.1, 0.15) is 0 Å². The summed E-state index contributed by atoms with van der Waals surface area (Å²) in [5.41, 5.74) is 1.06. The molecular weight excluding hydrogens is 199 g/mol. The molecule has 90 valence electrons. The minimum absolute atomic E-state index is 0.538. The second kappa shape index (κ2) is 6.89. The molecule has 1 aliphatic rings. The first kappa shape index (κ1) is 13.5. The molecule has 1 rings (SSSR count). The maximum atomic E-state index is 2.66. The van der Waals surface area contributed by atoms with Crippen LogP contribution in [0.5, 0.6) is 0 Å². The summed E-state index contributed by atoms with van der Waals surface area (Å²) in [5.74, 6) is 0. The molecule has 15 heavy (non-hydrogen) atoms. The van der Waals surface area contributed by atoms with E-state index in [-0.39, 0.29) is 0 Å². The zero-order valence-electron chi connectivity index (χ0n) is 11.1. The van der Waals surface area contributed by atoms with E-state index in [1.807, 2.05) is 0 Å². The molecule has 1 atom stereocenters. The highest BCUT2D eigenvalue weighted by Crippen LogP contribution is 2.63. The van der Waals surface area contributed by atoms with Crippen molar-refractivity contribution in [2.45, 2.75) is 70.9 Å². The second-order valence-corrected chi connectivity index (χ2v) is 10.4. The molecule has 1 fully saturated rings. The van der Waals surface area contributed by atoms with Gasteiger partial charge in [-0.1, -0.05) is 19.8 Å². The van der Waals surface area contributed by atoms with Crippen LogP contribution in [0.1, 0.15) is 65.2 Å². The van der Waals surface area contributed by atoms with Crippen LogP contribution in [0.2, 0.25) is 0 Å². The summed E-state index contributed by atoms with van der Waals surface area (Å²) in [5, 5.41) is 0. The van der Waals surface area contributed by atoms with Crippen molar-refractivity contribution in [3.63, 3.8) is 0 Å². The Hall–Kier alpha value is 0.430. The summed E-state index contributed by atoms with van der Waals surface area (Å²) in [7, 11) is -0.538. The first-order valence-electron chi connectivity index (χ1n) is 7.03. The minimum atomic E-state index is -0.538. The summed E-state index contributed by atoms with van der Waals surface area (Å²) in [6, 6.07) is 0. The fraction of sp³-hybridized carbons (Fsp3) is 1.00. The van der Waals surface area contributed by atoms with Gasteiger partial charge >= 0.3 is 0 Å². The molecule has 0 bridgehead atoms. The average Bonchev–Trinajstić information content (AvgIpc) is 2.44. The molecule has 1 aliphatic heterocycles. The molecule has 0 aromatic heterocycles. The fourth-order valence-corrected chi connectivity index (χ4v) is 6.66. The van der Waals surface area contributed by atoms with E-state index in [2.05, 4.69) is 20.5 Å². The zero-order chi connectivity index (χ0) is 11.1. The topological polar surface area (TPSA) is 0 Å². The summed E-state index contributed by atoms with van der Waals surface area (Å²) in [6.45, 7) is 7.52. The van der Waals surface area contributed by atoms with E-state index in [0.29, 0.717) is 0 Å². The van der Waals surface area contributed by atoms with Gasteiger partial charge in [-0.2, -0.15) is 0 Å². The van der Waals surface area contributed by atoms with Crippen molar-refractivity contribution in [2.75, 3.05) is 19.0 Å². The highest BCUT2D eigenvalue weighted by molar-refractivity contribution is 7.75. The molecule has 1 unspecified atom stereocenters. The third kappa shape index (κ3) is 4.43. The molecule has 0 radical (unpaired) electrons. The Bertz CT molecular complexity index is 157. The molecule has 0 aromatic carbocycles. The van der Waals surface area contributed by atoms with Gasteiger partial charge < -0.3 is 0 Å². The van der Waals surface area contributed by atoms with E-state index >= 15 is 0 Å². The molecule has 0 saturated carbocycles. The van der Waals surface area contributed by atoms with Crippen molar-refractivity contribution >= 4 is 7.26 Å². The summed E-state index contributed by atoms with van der Waals surface area (Å²) >= 11 is 0. The quantitative estimate of drug-likeness (QED) is 0.450. The van der Waals surface area contributed by atoms with Gasteiger partial charge in [0.05, 0.1) is 18.0 Å². The van der Waals surface area contributed by atoms with E-state index < -0.39 is 7.26 Å². The van der Waals surface area contributed by atoms with Gasteiger partial charge in [-0.3, -0.25) is 0 Å². The fourth-order valence-electron chi connectivity index (χ4n) is 2.85. The van der Waals surface area contributed by atoms with Gasteiger partial charge in [-0.05, 0) is 45.4 Å². The maximum Gasteiger partial charge on any atom is 0.0667 e. The highest BCUT2D eigenvalue weighted by atomic mass is 31.2. The first-order chi connectivity index (χ1) is 7.19. The van der Waals surface area contributed by atoms with Crippen molar-refractivity contribution in [3.8, 4) is 0 Å². The normalized spacial score (nSPS) is 23.4. The van der Waals surface area contributed by atoms with Gasteiger partial charge in [0.25, 0.3) is 0 Å². The summed E-state index contributed by atoms with van der Waals surface area (Å²) in [6.07, 6.45) is 15.1. The van der Waals surface area contributed by atoms with Crippen LogP contribution in [0.25, 0.3) is 0 Å². The van der Waals surface area contributed by atoms with Crippen LogP contribution in [0.15, 0.2) is 0 Å². The average molecular weight is 229 g/mol. The van der Waals surface area contributed by atoms with Crippen LogP contribution in [-0.2, 0) is 0 Å². The third-order valence-electron chi connectivity index (χ3n) is 4.38. The van der Waals surface area contributed by atoms with Crippen molar-refractivity contribution in [2.24, 2.45) is 0 Å². The van der Waals surface area contributed by atoms with Gasteiger partial charge in [0.2, 0.25) is 0 Å². The van der Waals surface area contributed by atoms with Crippen LogP contribution in [0, 0.1) is 0 Å². The summed E-state index contributed by atoms with van der Waals surface area (Å²) in [4.78, 5) is 0. The van der Waals surface area contributed by atoms with Crippen LogP contribution < -0.4 is 0 Å². The van der Waals surface area contributed by atoms with Gasteiger partial charge in [-0.25, -0.2) is 0 Å². The lowest BCUT2D eigenvalue weighted by Gasteiger charge is -2.28. The monoisotopic (exact) mass is 229 g/mol. The van der Waals surface area contributed by atoms with Crippen molar-refractivity contribution in [1.29, 1.82) is 0 Å². The smallest absolute Gasteiger partial charge is 0.0654 e. The van der Waals surface area contributed by atoms with E-state index in [4.69, 9.17) is 0 Å². The highest BCUT2D eigenvalue weighted by Gasteiger charge is 2.37. The largest absolute Gasteiger partial charge is 0.0667 e. The van der Waals surface area contributed by atoms with Crippen LogP contribution in [-0.4, -0.2) is 24.6 Å². The number of hydrogen-bond donors (Lipinski definition) is 0. The minimum Gasteiger partial charge on any atom is -0.0654 e. The lowest BCUT2D eigenvalue weighted by Crippen LogP contribution is -2.14. The Labute approximate surface area is 97.6 Å². The Morgan fingerprint density at radius 3 is 2.13 bits per heavy atom. The zero-order valence-corrected chi connectivity index (χ0v) is 12.0. The molecule has 0 aliphatic carbocycles. The Morgan fingerprint density at radius 1 is 1.00 bits per heavy atom. The predicted octanol–water partition coefficient (Wildman–Crippen LogP) is 5.18. The molecular formula is C14H30P+. The van der Waals surface area contributed by atoms with Crippen LogP contribution >= 0.6 is 7.26 Å². The number of hydrogen-bond acceptors (Lipinski definition) is 0. The Morgan fingerprint density at radius 2 is 1.60 bits per heavy atom. The Balaban J connectivity index is 2.36. The van der Waals surface area contributed by atoms with E-state index in [1.165, 1.54) is 51.4 Å². The van der Waals surface area contributed by atoms with Gasteiger partial charge in [0, 0.05) is 13.9 Å². The van der Waals surface area contributed by atoms with E-state index in [1.54, 1.807) is 12.3 Å². The number of rotatable bonds is 5. The molecule has 0 aromatic rings. The third-order valence-corrected chi connectivity index (χ3v) is 9.44. The van der Waals surface area contributed by atoms with Gasteiger partial charge in [0.15, 0.2) is 0 Å². The molecule has 0 N–H and O–H groups in total. The Kier molecular flexibility index (Phi) is 6.20. The molecule has 0 nitrogen and oxygen atoms in total. The predicted molar refractivity (Wildman–Crippen MR) is 74.7 cm³/mol. The molecule has 0 spiro atoms. The molecule has 1 heterocycles. The molecule has 1 heteroatoms. The lowest BCUT2D eigenvalue weighted by molar-refractivity contribution is 0.656. The maximum absolute atomic E-state index is 2.66. The van der Waals surface area contributed by atoms with Crippen molar-refractivity contribution in [1.82, 2.24) is 0 Å². The van der Waals surface area contributed by atoms with Crippen LogP contribution in [0.3, 0.4) is 0 Å². The summed E-state index contributed by atoms with van der Waals surface area (Å²) < 4.78 is 0. The SMILES string of the molecule is CCCCCC(C)[P+]1(C)CCCCCC1. The van der Waals surface area contributed by atoms with E-state index in [9.17, 15) is 0 Å². The first-order valence-corrected chi connectivity index (χ1v) is 9.71. The van der Waals surface area contributed by atoms with E-state index in [0.717, 1.165) is 5.66 Å². The number of unbranched alkanes of at least 4 members (excludes halogenated alkanes) is 2. The second-order valence-electron chi connectivity index (χ2n) is 5.69.